The van der Waals surface area contributed by atoms with Gasteiger partial charge in [-0.15, -0.1) is 0 Å². The van der Waals surface area contributed by atoms with E-state index in [0.29, 0.717) is 6.04 Å². The molecule has 0 aromatic rings. The molecular formula is C8H15NO4. The average Bonchev–Trinajstić information content (AvgIpc) is 2.58. The van der Waals surface area contributed by atoms with Crippen LogP contribution in [0.25, 0.3) is 0 Å². The molecule has 0 unspecified atom stereocenters. The smallest absolute Gasteiger partial charge is 0.181 e. The highest BCUT2D eigenvalue weighted by molar-refractivity contribution is 4.73. The summed E-state index contributed by atoms with van der Waals surface area (Å²) in [4.78, 5) is 10.8. The van der Waals surface area contributed by atoms with Crippen LogP contribution in [0.15, 0.2) is 0 Å². The van der Waals surface area contributed by atoms with E-state index in [1.165, 1.54) is 5.23 Å². The molecule has 3 atom stereocenters. The summed E-state index contributed by atoms with van der Waals surface area (Å²) >= 11 is 0. The highest BCUT2D eigenvalue weighted by Crippen LogP contribution is 2.31. The molecule has 2 heterocycles. The molecule has 0 spiro atoms. The lowest BCUT2D eigenvalue weighted by molar-refractivity contribution is -0.445. The van der Waals surface area contributed by atoms with Gasteiger partial charge >= 0.3 is 0 Å². The minimum Gasteiger partial charge on any atom is -0.354 e. The molecule has 2 fully saturated rings. The Kier molecular flexibility index (Phi) is 2.80. The van der Waals surface area contributed by atoms with E-state index in [2.05, 4.69) is 0 Å². The van der Waals surface area contributed by atoms with Crippen molar-refractivity contribution in [2.24, 2.45) is 0 Å². The lowest BCUT2D eigenvalue weighted by Crippen LogP contribution is -2.39. The fourth-order valence-corrected chi connectivity index (χ4v) is 1.68. The summed E-state index contributed by atoms with van der Waals surface area (Å²) in [6.07, 6.45) is 2.47. The molecule has 0 bridgehead atoms. The second-order valence-electron chi connectivity index (χ2n) is 3.29. The van der Waals surface area contributed by atoms with Gasteiger partial charge in [-0.3, -0.25) is 0 Å². The van der Waals surface area contributed by atoms with Crippen LogP contribution in [-0.4, -0.2) is 38.1 Å². The molecule has 2 aliphatic heterocycles. The fourth-order valence-electron chi connectivity index (χ4n) is 1.68. The van der Waals surface area contributed by atoms with Crippen LogP contribution in [-0.2, 0) is 19.1 Å². The van der Waals surface area contributed by atoms with Crippen LogP contribution in [0.5, 0.6) is 0 Å². The van der Waals surface area contributed by atoms with Crippen molar-refractivity contribution in [2.45, 2.75) is 37.9 Å². The Morgan fingerprint density at radius 1 is 1.08 bits per heavy atom. The Balaban J connectivity index is 1.90. The molecule has 0 radical (unpaired) electrons. The molecule has 76 valence electrons. The van der Waals surface area contributed by atoms with Gasteiger partial charge in [-0.05, 0) is 6.42 Å². The summed E-state index contributed by atoms with van der Waals surface area (Å²) in [7, 11) is 3.27. The van der Waals surface area contributed by atoms with Crippen LogP contribution in [0.2, 0.25) is 0 Å². The van der Waals surface area contributed by atoms with E-state index in [0.717, 1.165) is 19.3 Å². The maximum Gasteiger partial charge on any atom is 0.181 e. The van der Waals surface area contributed by atoms with Crippen molar-refractivity contribution in [3.63, 3.8) is 0 Å². The second-order valence-corrected chi connectivity index (χ2v) is 3.29. The van der Waals surface area contributed by atoms with Crippen LogP contribution in [0.1, 0.15) is 19.3 Å². The summed E-state index contributed by atoms with van der Waals surface area (Å²) in [5.74, 6) is 0. The van der Waals surface area contributed by atoms with Crippen molar-refractivity contribution in [2.75, 3.05) is 14.2 Å². The highest BCUT2D eigenvalue weighted by Gasteiger charge is 2.39. The number of nitrogens with zero attached hydrogens (tertiary/aromatic N) is 1. The van der Waals surface area contributed by atoms with E-state index in [-0.39, 0.29) is 12.6 Å². The van der Waals surface area contributed by atoms with Crippen molar-refractivity contribution < 1.29 is 19.1 Å². The van der Waals surface area contributed by atoms with E-state index in [1.54, 1.807) is 14.2 Å². The molecule has 5 heteroatoms. The van der Waals surface area contributed by atoms with E-state index >= 15 is 0 Å². The van der Waals surface area contributed by atoms with Crippen molar-refractivity contribution in [1.82, 2.24) is 5.23 Å². The molecule has 5 nitrogen and oxygen atoms in total. The summed E-state index contributed by atoms with van der Waals surface area (Å²) in [6, 6.07) is 0.316. The average molecular weight is 189 g/mol. The summed E-state index contributed by atoms with van der Waals surface area (Å²) in [5.41, 5.74) is 0. The van der Waals surface area contributed by atoms with Gasteiger partial charge in [-0.1, -0.05) is 5.23 Å². The summed E-state index contributed by atoms with van der Waals surface area (Å²) < 4.78 is 10.2. The first-order chi connectivity index (χ1) is 6.33. The fraction of sp³-hybridized carbons (Fsp3) is 1.00. The lowest BCUT2D eigenvalue weighted by atomic mass is 10.1. The Bertz CT molecular complexity index is 176. The number of hydrogen-bond donors (Lipinski definition) is 0. The first-order valence-corrected chi connectivity index (χ1v) is 4.52. The van der Waals surface area contributed by atoms with Crippen molar-refractivity contribution in [1.29, 1.82) is 0 Å². The first-order valence-electron chi connectivity index (χ1n) is 4.52. The maximum atomic E-state index is 5.40. The zero-order chi connectivity index (χ0) is 9.26. The van der Waals surface area contributed by atoms with Crippen LogP contribution >= 0.6 is 0 Å². The van der Waals surface area contributed by atoms with Crippen LogP contribution in [0, 0.1) is 0 Å². The van der Waals surface area contributed by atoms with Crippen molar-refractivity contribution in [3.05, 3.63) is 0 Å². The van der Waals surface area contributed by atoms with Crippen LogP contribution < -0.4 is 0 Å². The van der Waals surface area contributed by atoms with E-state index < -0.39 is 0 Å². The first kappa shape index (κ1) is 9.36. The van der Waals surface area contributed by atoms with Crippen LogP contribution in [0.3, 0.4) is 0 Å². The van der Waals surface area contributed by atoms with Crippen molar-refractivity contribution >= 4 is 0 Å². The number of rotatable bonds is 2. The van der Waals surface area contributed by atoms with Gasteiger partial charge in [0.15, 0.2) is 12.6 Å². The largest absolute Gasteiger partial charge is 0.354 e. The lowest BCUT2D eigenvalue weighted by Gasteiger charge is -2.31. The number of methoxy groups -OCH3 is 2. The summed E-state index contributed by atoms with van der Waals surface area (Å²) in [6.45, 7) is 0. The third kappa shape index (κ3) is 1.84. The predicted octanol–water partition coefficient (Wildman–Crippen LogP) is 0.663. The third-order valence-electron chi connectivity index (χ3n) is 2.47. The SMILES string of the molecule is CO[C@H]1CC[C@H]2C[C@H](OC)ON2O1. The molecule has 0 aromatic heterocycles. The monoisotopic (exact) mass is 189 g/mol. The van der Waals surface area contributed by atoms with Gasteiger partial charge in [0.2, 0.25) is 0 Å². The molecule has 2 saturated heterocycles. The van der Waals surface area contributed by atoms with Gasteiger partial charge < -0.3 is 9.47 Å². The highest BCUT2D eigenvalue weighted by atomic mass is 17.0. The molecule has 0 aliphatic carbocycles. The Morgan fingerprint density at radius 3 is 2.46 bits per heavy atom. The van der Waals surface area contributed by atoms with Gasteiger partial charge in [0.05, 0.1) is 6.04 Å². The number of fused-ring (bicyclic) bond motifs is 1. The predicted molar refractivity (Wildman–Crippen MR) is 43.2 cm³/mol. The molecule has 0 aromatic carbocycles. The Morgan fingerprint density at radius 2 is 1.77 bits per heavy atom. The molecular weight excluding hydrogens is 174 g/mol. The number of hydrogen-bond acceptors (Lipinski definition) is 5. The second kappa shape index (κ2) is 3.89. The zero-order valence-corrected chi connectivity index (χ0v) is 7.93. The molecule has 13 heavy (non-hydrogen) atoms. The topological polar surface area (TPSA) is 40.2 Å². The maximum absolute atomic E-state index is 5.40. The molecule has 0 amide bonds. The summed E-state index contributed by atoms with van der Waals surface area (Å²) in [5, 5.41) is 1.52. The van der Waals surface area contributed by atoms with Crippen molar-refractivity contribution in [3.8, 4) is 0 Å². The van der Waals surface area contributed by atoms with Crippen LogP contribution in [0.4, 0.5) is 0 Å². The van der Waals surface area contributed by atoms with E-state index in [4.69, 9.17) is 19.1 Å². The van der Waals surface area contributed by atoms with Gasteiger partial charge in [-0.25, -0.2) is 9.68 Å². The Labute approximate surface area is 77.4 Å². The van der Waals surface area contributed by atoms with Gasteiger partial charge in [0, 0.05) is 27.1 Å². The molecule has 2 aliphatic rings. The Hall–Kier alpha value is -0.200. The van der Waals surface area contributed by atoms with E-state index in [1.807, 2.05) is 0 Å². The third-order valence-corrected chi connectivity index (χ3v) is 2.47. The number of ether oxygens (including phenoxy) is 2. The standard InChI is InChI=1S/C8H15NO4/c1-10-7-4-3-6-5-8(11-2)13-9(6)12-7/h6-8H,3-5H2,1-2H3/t6-,7+,8+/m0/s1. The normalized spacial score (nSPS) is 40.6. The quantitative estimate of drug-likeness (QED) is 0.638. The van der Waals surface area contributed by atoms with E-state index in [9.17, 15) is 0 Å². The minimum atomic E-state index is -0.174. The molecule has 0 saturated carbocycles. The minimum absolute atomic E-state index is 0.166. The van der Waals surface area contributed by atoms with Gasteiger partial charge in [-0.2, -0.15) is 0 Å². The van der Waals surface area contributed by atoms with Gasteiger partial charge in [0.1, 0.15) is 0 Å². The van der Waals surface area contributed by atoms with Gasteiger partial charge in [0.25, 0.3) is 0 Å². The number of hydroxylamine groups is 2. The molecule has 0 N–H and O–H groups in total. The molecule has 2 rings (SSSR count). The zero-order valence-electron chi connectivity index (χ0n) is 7.93.